The highest BCUT2D eigenvalue weighted by Crippen LogP contribution is 2.30. The van der Waals surface area contributed by atoms with Crippen LogP contribution in [0.5, 0.6) is 0 Å². The van der Waals surface area contributed by atoms with Gasteiger partial charge in [-0.05, 0) is 24.5 Å². The number of thiophene rings is 1. The van der Waals surface area contributed by atoms with E-state index >= 15 is 0 Å². The van der Waals surface area contributed by atoms with E-state index in [-0.39, 0.29) is 17.3 Å². The van der Waals surface area contributed by atoms with Gasteiger partial charge in [-0.15, -0.1) is 11.3 Å². The SMILES string of the molecule is O=c1[nH]c2cc(-c3ccccc3)sc2c(=O)n1C1CCOCC1. The van der Waals surface area contributed by atoms with Crippen molar-refractivity contribution in [1.29, 1.82) is 0 Å². The number of rotatable bonds is 2. The Morgan fingerprint density at radius 1 is 1.13 bits per heavy atom. The van der Waals surface area contributed by atoms with Crippen LogP contribution in [0.2, 0.25) is 0 Å². The molecule has 1 saturated heterocycles. The topological polar surface area (TPSA) is 64.1 Å². The second-order valence-corrected chi connectivity index (χ2v) is 6.72. The molecule has 0 aliphatic carbocycles. The summed E-state index contributed by atoms with van der Waals surface area (Å²) in [6.45, 7) is 1.18. The molecule has 0 radical (unpaired) electrons. The molecule has 0 bridgehead atoms. The number of hydrogen-bond acceptors (Lipinski definition) is 4. The number of benzene rings is 1. The molecule has 0 amide bonds. The molecule has 0 saturated carbocycles. The molecule has 6 heteroatoms. The van der Waals surface area contributed by atoms with E-state index in [1.807, 2.05) is 36.4 Å². The van der Waals surface area contributed by atoms with E-state index in [1.165, 1.54) is 15.9 Å². The van der Waals surface area contributed by atoms with Gasteiger partial charge < -0.3 is 9.72 Å². The minimum absolute atomic E-state index is 0.0772. The molecule has 1 N–H and O–H groups in total. The smallest absolute Gasteiger partial charge is 0.329 e. The fourth-order valence-electron chi connectivity index (χ4n) is 3.04. The minimum Gasteiger partial charge on any atom is -0.381 e. The van der Waals surface area contributed by atoms with Crippen LogP contribution in [0.25, 0.3) is 20.7 Å². The Hall–Kier alpha value is -2.18. The molecule has 0 unspecified atom stereocenters. The molecule has 1 aliphatic rings. The summed E-state index contributed by atoms with van der Waals surface area (Å²) in [4.78, 5) is 29.0. The molecule has 23 heavy (non-hydrogen) atoms. The van der Waals surface area contributed by atoms with Crippen molar-refractivity contribution in [3.63, 3.8) is 0 Å². The monoisotopic (exact) mass is 328 g/mol. The predicted octanol–water partition coefficient (Wildman–Crippen LogP) is 2.77. The number of ether oxygens (including phenoxy) is 1. The average Bonchev–Trinajstić information content (AvgIpc) is 3.01. The van der Waals surface area contributed by atoms with Crippen LogP contribution in [0.1, 0.15) is 18.9 Å². The Bertz CT molecular complexity index is 949. The highest BCUT2D eigenvalue weighted by atomic mass is 32.1. The van der Waals surface area contributed by atoms with Crippen molar-refractivity contribution < 1.29 is 4.74 Å². The number of aromatic nitrogens is 2. The van der Waals surface area contributed by atoms with Crippen LogP contribution in [0.15, 0.2) is 46.0 Å². The Morgan fingerprint density at radius 2 is 1.87 bits per heavy atom. The Labute approximate surface area is 136 Å². The van der Waals surface area contributed by atoms with Crippen LogP contribution < -0.4 is 11.2 Å². The zero-order valence-electron chi connectivity index (χ0n) is 12.5. The van der Waals surface area contributed by atoms with Crippen LogP contribution in [-0.4, -0.2) is 22.8 Å². The fraction of sp³-hybridized carbons (Fsp3) is 0.294. The fourth-order valence-corrected chi connectivity index (χ4v) is 4.10. The number of nitrogens with one attached hydrogen (secondary N) is 1. The second-order valence-electron chi connectivity index (χ2n) is 5.67. The third kappa shape index (κ3) is 2.54. The third-order valence-corrected chi connectivity index (χ3v) is 5.39. The van der Waals surface area contributed by atoms with Gasteiger partial charge in [-0.25, -0.2) is 4.79 Å². The maximum Gasteiger partial charge on any atom is 0.329 e. The molecule has 1 aliphatic heterocycles. The zero-order chi connectivity index (χ0) is 15.8. The highest BCUT2D eigenvalue weighted by Gasteiger charge is 2.21. The summed E-state index contributed by atoms with van der Waals surface area (Å²) in [7, 11) is 0. The first-order chi connectivity index (χ1) is 11.2. The van der Waals surface area contributed by atoms with E-state index in [0.717, 1.165) is 10.4 Å². The summed E-state index contributed by atoms with van der Waals surface area (Å²) < 4.78 is 7.30. The van der Waals surface area contributed by atoms with E-state index in [1.54, 1.807) is 0 Å². The number of hydrogen-bond donors (Lipinski definition) is 1. The minimum atomic E-state index is -0.327. The van der Waals surface area contributed by atoms with Crippen molar-refractivity contribution in [2.24, 2.45) is 0 Å². The van der Waals surface area contributed by atoms with Gasteiger partial charge in [0.1, 0.15) is 4.70 Å². The second kappa shape index (κ2) is 5.79. The van der Waals surface area contributed by atoms with E-state index < -0.39 is 0 Å². The number of nitrogens with zero attached hydrogens (tertiary/aromatic N) is 1. The first-order valence-corrected chi connectivity index (χ1v) is 8.47. The van der Waals surface area contributed by atoms with Gasteiger partial charge in [0.15, 0.2) is 0 Å². The lowest BCUT2D eigenvalue weighted by atomic mass is 10.1. The maximum absolute atomic E-state index is 12.8. The number of H-pyrrole nitrogens is 1. The van der Waals surface area contributed by atoms with Crippen LogP contribution in [0.4, 0.5) is 0 Å². The largest absolute Gasteiger partial charge is 0.381 e. The van der Waals surface area contributed by atoms with Crippen molar-refractivity contribution in [3.8, 4) is 10.4 Å². The van der Waals surface area contributed by atoms with Crippen LogP contribution >= 0.6 is 11.3 Å². The molecule has 118 valence electrons. The molecule has 3 aromatic rings. The van der Waals surface area contributed by atoms with Gasteiger partial charge >= 0.3 is 5.69 Å². The highest BCUT2D eigenvalue weighted by molar-refractivity contribution is 7.22. The van der Waals surface area contributed by atoms with Crippen molar-refractivity contribution in [3.05, 3.63) is 57.2 Å². The predicted molar refractivity (Wildman–Crippen MR) is 91.2 cm³/mol. The average molecular weight is 328 g/mol. The molecule has 1 aromatic carbocycles. The Balaban J connectivity index is 1.88. The summed E-state index contributed by atoms with van der Waals surface area (Å²) in [5.41, 5.74) is 1.15. The first kappa shape index (κ1) is 14.4. The van der Waals surface area contributed by atoms with Gasteiger partial charge in [-0.3, -0.25) is 9.36 Å². The standard InChI is InChI=1S/C17H16N2O3S/c20-16-15-13(10-14(23-15)11-4-2-1-3-5-11)18-17(21)19(16)12-6-8-22-9-7-12/h1-5,10,12H,6-9H2,(H,18,21). The Kier molecular flexibility index (Phi) is 3.63. The molecule has 0 atom stereocenters. The zero-order valence-corrected chi connectivity index (χ0v) is 13.3. The molecular formula is C17H16N2O3S. The Morgan fingerprint density at radius 3 is 2.61 bits per heavy atom. The quantitative estimate of drug-likeness (QED) is 0.787. The lowest BCUT2D eigenvalue weighted by Gasteiger charge is -2.23. The van der Waals surface area contributed by atoms with Gasteiger partial charge in [-0.1, -0.05) is 30.3 Å². The molecule has 0 spiro atoms. The molecular weight excluding hydrogens is 312 g/mol. The van der Waals surface area contributed by atoms with E-state index in [0.29, 0.717) is 36.3 Å². The van der Waals surface area contributed by atoms with Crippen LogP contribution in [0.3, 0.4) is 0 Å². The first-order valence-electron chi connectivity index (χ1n) is 7.65. The molecule has 2 aromatic heterocycles. The van der Waals surface area contributed by atoms with Crippen LogP contribution in [-0.2, 0) is 4.74 Å². The normalized spacial score (nSPS) is 16.0. The van der Waals surface area contributed by atoms with E-state index in [9.17, 15) is 9.59 Å². The molecule has 4 rings (SSSR count). The number of aromatic amines is 1. The summed E-state index contributed by atoms with van der Waals surface area (Å²) >= 11 is 1.43. The van der Waals surface area contributed by atoms with Gasteiger partial charge in [0, 0.05) is 24.1 Å². The lowest BCUT2D eigenvalue weighted by molar-refractivity contribution is 0.0676. The molecule has 1 fully saturated rings. The summed E-state index contributed by atoms with van der Waals surface area (Å²) in [5, 5.41) is 0. The van der Waals surface area contributed by atoms with Crippen molar-refractivity contribution in [2.75, 3.05) is 13.2 Å². The molecule has 5 nitrogen and oxygen atoms in total. The van der Waals surface area contributed by atoms with Crippen LogP contribution in [0, 0.1) is 0 Å². The van der Waals surface area contributed by atoms with Gasteiger partial charge in [0.25, 0.3) is 5.56 Å². The lowest BCUT2D eigenvalue weighted by Crippen LogP contribution is -2.39. The summed E-state index contributed by atoms with van der Waals surface area (Å²) in [5.74, 6) is 0. The van der Waals surface area contributed by atoms with Gasteiger partial charge in [0.05, 0.1) is 5.52 Å². The van der Waals surface area contributed by atoms with E-state index in [2.05, 4.69) is 4.98 Å². The van der Waals surface area contributed by atoms with Crippen molar-refractivity contribution in [1.82, 2.24) is 9.55 Å². The van der Waals surface area contributed by atoms with E-state index in [4.69, 9.17) is 4.74 Å². The summed E-state index contributed by atoms with van der Waals surface area (Å²) in [6, 6.07) is 11.7. The van der Waals surface area contributed by atoms with Crippen molar-refractivity contribution >= 4 is 21.6 Å². The van der Waals surface area contributed by atoms with Gasteiger partial charge in [-0.2, -0.15) is 0 Å². The third-order valence-electron chi connectivity index (χ3n) is 4.22. The summed E-state index contributed by atoms with van der Waals surface area (Å²) in [6.07, 6.45) is 1.40. The molecule has 3 heterocycles. The maximum atomic E-state index is 12.8. The van der Waals surface area contributed by atoms with Crippen molar-refractivity contribution in [2.45, 2.75) is 18.9 Å². The van der Waals surface area contributed by atoms with Gasteiger partial charge in [0.2, 0.25) is 0 Å². The number of fused-ring (bicyclic) bond motifs is 1.